The van der Waals surface area contributed by atoms with Crippen molar-refractivity contribution in [3.05, 3.63) is 34.2 Å². The van der Waals surface area contributed by atoms with Crippen LogP contribution in [0, 0.1) is 0 Å². The molecule has 2 aliphatic rings. The predicted molar refractivity (Wildman–Crippen MR) is 118 cm³/mol. The Kier molecular flexibility index (Phi) is 5.60. The van der Waals surface area contributed by atoms with E-state index in [0.29, 0.717) is 25.0 Å². The SMILES string of the molecule is Cn1c(=O)n([C@H]2CCC(=O)NC2=O)c2ccc(C3CCN(C(=O)OC(C)(C)C)CC3)cc21. The Bertz CT molecular complexity index is 1130. The zero-order valence-corrected chi connectivity index (χ0v) is 19.0. The second kappa shape index (κ2) is 8.11. The molecule has 9 heteroatoms. The largest absolute Gasteiger partial charge is 0.444 e. The minimum atomic E-state index is -0.688. The number of imidazole rings is 1. The zero-order chi connectivity index (χ0) is 23.2. The first-order valence-corrected chi connectivity index (χ1v) is 11.1. The number of rotatable bonds is 2. The molecule has 2 aliphatic heterocycles. The van der Waals surface area contributed by atoms with Gasteiger partial charge in [0.05, 0.1) is 11.0 Å². The van der Waals surface area contributed by atoms with Crippen molar-refractivity contribution in [3.63, 3.8) is 0 Å². The summed E-state index contributed by atoms with van der Waals surface area (Å²) >= 11 is 0. The van der Waals surface area contributed by atoms with E-state index in [1.165, 1.54) is 4.57 Å². The van der Waals surface area contributed by atoms with Gasteiger partial charge in [0.1, 0.15) is 11.6 Å². The molecule has 2 fully saturated rings. The third kappa shape index (κ3) is 4.16. The Morgan fingerprint density at radius 2 is 1.75 bits per heavy atom. The van der Waals surface area contributed by atoms with Crippen LogP contribution >= 0.6 is 0 Å². The molecule has 4 rings (SSSR count). The summed E-state index contributed by atoms with van der Waals surface area (Å²) in [7, 11) is 1.70. The smallest absolute Gasteiger partial charge is 0.410 e. The van der Waals surface area contributed by atoms with Crippen LogP contribution in [0.1, 0.15) is 64.0 Å². The van der Waals surface area contributed by atoms with Gasteiger partial charge in [-0.1, -0.05) is 6.07 Å². The van der Waals surface area contributed by atoms with Gasteiger partial charge in [0.2, 0.25) is 11.8 Å². The standard InChI is InChI=1S/C23H30N4O5/c1-23(2,3)32-22(31)26-11-9-14(10-12-26)15-5-6-16-18(13-15)25(4)21(30)27(16)17-7-8-19(28)24-20(17)29/h5-6,13-14,17H,7-12H2,1-4H3,(H,24,28,29)/t17-/m0/s1. The molecular formula is C23H30N4O5. The predicted octanol–water partition coefficient (Wildman–Crippen LogP) is 2.43. The second-order valence-electron chi connectivity index (χ2n) is 9.67. The molecule has 0 spiro atoms. The zero-order valence-electron chi connectivity index (χ0n) is 19.0. The van der Waals surface area contributed by atoms with Crippen LogP contribution in [0.2, 0.25) is 0 Å². The molecule has 3 heterocycles. The molecule has 0 saturated carbocycles. The fourth-order valence-corrected chi connectivity index (χ4v) is 4.59. The number of ether oxygens (including phenoxy) is 1. The molecule has 1 aromatic heterocycles. The number of hydrogen-bond acceptors (Lipinski definition) is 5. The topological polar surface area (TPSA) is 103 Å². The average molecular weight is 443 g/mol. The van der Waals surface area contributed by atoms with Crippen molar-refractivity contribution in [3.8, 4) is 0 Å². The molecule has 0 bridgehead atoms. The van der Waals surface area contributed by atoms with Gasteiger partial charge in [-0.25, -0.2) is 9.59 Å². The monoisotopic (exact) mass is 442 g/mol. The van der Waals surface area contributed by atoms with E-state index in [1.54, 1.807) is 16.5 Å². The Balaban J connectivity index is 1.55. The van der Waals surface area contributed by atoms with Gasteiger partial charge in [0, 0.05) is 26.6 Å². The van der Waals surface area contributed by atoms with Crippen LogP contribution in [-0.2, 0) is 21.4 Å². The Labute approximate surface area is 186 Å². The molecule has 172 valence electrons. The molecular weight excluding hydrogens is 412 g/mol. The first kappa shape index (κ1) is 22.1. The van der Waals surface area contributed by atoms with Crippen molar-refractivity contribution >= 4 is 28.9 Å². The van der Waals surface area contributed by atoms with E-state index in [9.17, 15) is 19.2 Å². The summed E-state index contributed by atoms with van der Waals surface area (Å²) in [6, 6.07) is 5.20. The molecule has 2 aromatic rings. The minimum Gasteiger partial charge on any atom is -0.444 e. The van der Waals surface area contributed by atoms with Crippen molar-refractivity contribution < 1.29 is 19.1 Å². The van der Waals surface area contributed by atoms with E-state index < -0.39 is 17.6 Å². The summed E-state index contributed by atoms with van der Waals surface area (Å²) < 4.78 is 8.52. The molecule has 32 heavy (non-hydrogen) atoms. The molecule has 0 unspecified atom stereocenters. The lowest BCUT2D eigenvalue weighted by Gasteiger charge is -2.33. The maximum Gasteiger partial charge on any atom is 0.410 e. The third-order valence-electron chi connectivity index (χ3n) is 6.25. The summed E-state index contributed by atoms with van der Waals surface area (Å²) in [4.78, 5) is 50.9. The average Bonchev–Trinajstić information content (AvgIpc) is 2.97. The van der Waals surface area contributed by atoms with E-state index in [-0.39, 0.29) is 30.0 Å². The second-order valence-corrected chi connectivity index (χ2v) is 9.67. The molecule has 1 aromatic carbocycles. The number of imide groups is 1. The van der Waals surface area contributed by atoms with Crippen LogP contribution < -0.4 is 11.0 Å². The van der Waals surface area contributed by atoms with Gasteiger partial charge in [0.15, 0.2) is 0 Å². The van der Waals surface area contributed by atoms with Gasteiger partial charge in [-0.2, -0.15) is 0 Å². The molecule has 1 atom stereocenters. The maximum atomic E-state index is 12.9. The summed E-state index contributed by atoms with van der Waals surface area (Å²) in [5.74, 6) is -0.471. The summed E-state index contributed by atoms with van der Waals surface area (Å²) in [6.07, 6.45) is 1.87. The number of carbonyl (C=O) groups excluding carboxylic acids is 3. The number of fused-ring (bicyclic) bond motifs is 1. The number of nitrogens with zero attached hydrogens (tertiary/aromatic N) is 3. The van der Waals surface area contributed by atoms with Crippen molar-refractivity contribution in [1.82, 2.24) is 19.4 Å². The van der Waals surface area contributed by atoms with Crippen LogP contribution in [0.3, 0.4) is 0 Å². The summed E-state index contributed by atoms with van der Waals surface area (Å²) in [5, 5.41) is 2.33. The minimum absolute atomic E-state index is 0.216. The highest BCUT2D eigenvalue weighted by Gasteiger charge is 2.32. The highest BCUT2D eigenvalue weighted by atomic mass is 16.6. The van der Waals surface area contributed by atoms with Crippen molar-refractivity contribution in [2.24, 2.45) is 7.05 Å². The normalized spacial score (nSPS) is 20.5. The maximum absolute atomic E-state index is 12.9. The van der Waals surface area contributed by atoms with Gasteiger partial charge in [-0.3, -0.25) is 24.0 Å². The van der Waals surface area contributed by atoms with Crippen molar-refractivity contribution in [2.75, 3.05) is 13.1 Å². The number of amides is 3. The van der Waals surface area contributed by atoms with Crippen molar-refractivity contribution in [2.45, 2.75) is 64.0 Å². The number of nitrogens with one attached hydrogen (secondary N) is 1. The number of aromatic nitrogens is 2. The molecule has 0 radical (unpaired) electrons. The molecule has 3 amide bonds. The summed E-state index contributed by atoms with van der Waals surface area (Å²) in [5.41, 5.74) is 1.76. The Morgan fingerprint density at radius 3 is 2.38 bits per heavy atom. The first-order valence-electron chi connectivity index (χ1n) is 11.1. The molecule has 0 aliphatic carbocycles. The van der Waals surface area contributed by atoms with E-state index >= 15 is 0 Å². The fourth-order valence-electron chi connectivity index (χ4n) is 4.59. The lowest BCUT2D eigenvalue weighted by Crippen LogP contribution is -2.44. The fraction of sp³-hybridized carbons (Fsp3) is 0.565. The van der Waals surface area contributed by atoms with Gasteiger partial charge in [0.25, 0.3) is 0 Å². The number of benzene rings is 1. The third-order valence-corrected chi connectivity index (χ3v) is 6.25. The summed E-state index contributed by atoms with van der Waals surface area (Å²) in [6.45, 7) is 6.82. The lowest BCUT2D eigenvalue weighted by atomic mass is 9.89. The number of hydrogen-bond donors (Lipinski definition) is 1. The first-order chi connectivity index (χ1) is 15.0. The van der Waals surface area contributed by atoms with Gasteiger partial charge in [-0.05, 0) is 63.6 Å². The van der Waals surface area contributed by atoms with Crippen molar-refractivity contribution in [1.29, 1.82) is 0 Å². The highest BCUT2D eigenvalue weighted by Crippen LogP contribution is 2.31. The lowest BCUT2D eigenvalue weighted by molar-refractivity contribution is -0.135. The Hall–Kier alpha value is -3.10. The Morgan fingerprint density at radius 1 is 1.06 bits per heavy atom. The van der Waals surface area contributed by atoms with Crippen LogP contribution in [0.4, 0.5) is 4.79 Å². The number of carbonyl (C=O) groups is 3. The number of aryl methyl sites for hydroxylation is 1. The highest BCUT2D eigenvalue weighted by molar-refractivity contribution is 6.00. The quantitative estimate of drug-likeness (QED) is 0.720. The van der Waals surface area contributed by atoms with E-state index in [0.717, 1.165) is 23.9 Å². The number of likely N-dealkylation sites (tertiary alicyclic amines) is 1. The molecule has 9 nitrogen and oxygen atoms in total. The molecule has 2 saturated heterocycles. The van der Waals surface area contributed by atoms with E-state index in [4.69, 9.17) is 4.74 Å². The van der Waals surface area contributed by atoms with Crippen LogP contribution in [0.5, 0.6) is 0 Å². The van der Waals surface area contributed by atoms with Gasteiger partial charge in [-0.15, -0.1) is 0 Å². The molecule has 1 N–H and O–H groups in total. The van der Waals surface area contributed by atoms with Crippen LogP contribution in [0.15, 0.2) is 23.0 Å². The van der Waals surface area contributed by atoms with E-state index in [1.807, 2.05) is 39.0 Å². The number of piperidine rings is 2. The van der Waals surface area contributed by atoms with Gasteiger partial charge < -0.3 is 9.64 Å². The van der Waals surface area contributed by atoms with E-state index in [2.05, 4.69) is 5.32 Å². The van der Waals surface area contributed by atoms with Gasteiger partial charge >= 0.3 is 11.8 Å². The van der Waals surface area contributed by atoms with Crippen LogP contribution in [-0.4, -0.2) is 50.6 Å². The van der Waals surface area contributed by atoms with Crippen LogP contribution in [0.25, 0.3) is 11.0 Å².